The first-order valence-electron chi connectivity index (χ1n) is 6.25. The maximum Gasteiger partial charge on any atom is 0.130 e. The highest BCUT2D eigenvalue weighted by Crippen LogP contribution is 2.38. The molecule has 4 nitrogen and oxygen atoms in total. The molecule has 1 heterocycles. The monoisotopic (exact) mass is 250 g/mol. The summed E-state index contributed by atoms with van der Waals surface area (Å²) in [6.07, 6.45) is 2.94. The lowest BCUT2D eigenvalue weighted by atomic mass is 10.2. The van der Waals surface area contributed by atoms with Crippen LogP contribution in [0.25, 0.3) is 0 Å². The smallest absolute Gasteiger partial charge is 0.130 e. The van der Waals surface area contributed by atoms with E-state index in [1.807, 2.05) is 24.4 Å². The van der Waals surface area contributed by atoms with Gasteiger partial charge in [0.25, 0.3) is 0 Å². The Morgan fingerprint density at radius 3 is 2.47 bits per heavy atom. The molecule has 94 valence electrons. The molecule has 4 heteroatoms. The van der Waals surface area contributed by atoms with Gasteiger partial charge in [-0.2, -0.15) is 5.26 Å². The van der Waals surface area contributed by atoms with E-state index in [4.69, 9.17) is 11.0 Å². The van der Waals surface area contributed by atoms with Gasteiger partial charge < -0.3 is 11.1 Å². The van der Waals surface area contributed by atoms with Crippen LogP contribution in [-0.2, 0) is 0 Å². The van der Waals surface area contributed by atoms with Gasteiger partial charge in [-0.25, -0.2) is 4.98 Å². The van der Waals surface area contributed by atoms with Crippen molar-refractivity contribution in [3.63, 3.8) is 0 Å². The van der Waals surface area contributed by atoms with Crippen molar-refractivity contribution in [2.45, 2.75) is 18.4 Å². The van der Waals surface area contributed by atoms with Gasteiger partial charge in [-0.1, -0.05) is 6.07 Å². The molecule has 3 N–H and O–H groups in total. The van der Waals surface area contributed by atoms with Crippen molar-refractivity contribution in [3.8, 4) is 6.07 Å². The predicted molar refractivity (Wildman–Crippen MR) is 74.0 cm³/mol. The van der Waals surface area contributed by atoms with Crippen LogP contribution >= 0.6 is 0 Å². The summed E-state index contributed by atoms with van der Waals surface area (Å²) >= 11 is 0. The van der Waals surface area contributed by atoms with E-state index in [2.05, 4.69) is 22.4 Å². The first-order chi connectivity index (χ1) is 9.26. The molecule has 1 aromatic heterocycles. The first-order valence-corrected chi connectivity index (χ1v) is 6.25. The zero-order chi connectivity index (χ0) is 13.2. The van der Waals surface area contributed by atoms with Crippen LogP contribution in [0.3, 0.4) is 0 Å². The number of hydrogen-bond acceptors (Lipinski definition) is 4. The van der Waals surface area contributed by atoms with Gasteiger partial charge in [0, 0.05) is 23.8 Å². The van der Waals surface area contributed by atoms with E-state index in [0.717, 1.165) is 17.9 Å². The van der Waals surface area contributed by atoms with E-state index in [1.54, 1.807) is 12.1 Å². The van der Waals surface area contributed by atoms with Crippen LogP contribution < -0.4 is 11.1 Å². The summed E-state index contributed by atoms with van der Waals surface area (Å²) in [5.41, 5.74) is 8.59. The summed E-state index contributed by atoms with van der Waals surface area (Å²) in [5, 5.41) is 11.9. The molecule has 1 saturated carbocycles. The number of hydrogen-bond donors (Lipinski definition) is 2. The highest BCUT2D eigenvalue weighted by molar-refractivity contribution is 5.57. The van der Waals surface area contributed by atoms with Crippen LogP contribution in [-0.4, -0.2) is 11.0 Å². The number of rotatable bonds is 3. The second-order valence-electron chi connectivity index (χ2n) is 4.80. The fourth-order valence-electron chi connectivity index (χ4n) is 2.07. The van der Waals surface area contributed by atoms with Crippen molar-refractivity contribution >= 4 is 11.5 Å². The number of nitrogens with two attached hydrogens (primary N) is 1. The standard InChI is InChI=1S/C15H14N4/c16-8-10-1-4-12(5-2-10)19-15-6-3-11(9-18-15)13-7-14(13)17/h1-6,9,13-14H,7,17H2,(H,18,19)/t13-,14+/m1/s1. The summed E-state index contributed by atoms with van der Waals surface area (Å²) in [6, 6.07) is 13.7. The molecule has 0 saturated heterocycles. The van der Waals surface area contributed by atoms with Crippen molar-refractivity contribution in [1.29, 1.82) is 5.26 Å². The molecule has 1 aliphatic carbocycles. The average molecular weight is 250 g/mol. The Morgan fingerprint density at radius 2 is 1.95 bits per heavy atom. The molecule has 3 rings (SSSR count). The lowest BCUT2D eigenvalue weighted by Crippen LogP contribution is -2.01. The number of nitrogens with one attached hydrogen (secondary N) is 1. The highest BCUT2D eigenvalue weighted by atomic mass is 15.0. The van der Waals surface area contributed by atoms with Crippen LogP contribution in [0.4, 0.5) is 11.5 Å². The van der Waals surface area contributed by atoms with Gasteiger partial charge in [0.15, 0.2) is 0 Å². The quantitative estimate of drug-likeness (QED) is 0.877. The Labute approximate surface area is 111 Å². The van der Waals surface area contributed by atoms with Crippen LogP contribution in [0.5, 0.6) is 0 Å². The minimum Gasteiger partial charge on any atom is -0.340 e. The molecule has 1 fully saturated rings. The predicted octanol–water partition coefficient (Wildman–Crippen LogP) is 2.51. The third-order valence-electron chi connectivity index (χ3n) is 3.34. The van der Waals surface area contributed by atoms with Crippen LogP contribution in [0.2, 0.25) is 0 Å². The Bertz CT molecular complexity index is 610. The summed E-state index contributed by atoms with van der Waals surface area (Å²) in [6.45, 7) is 0. The summed E-state index contributed by atoms with van der Waals surface area (Å²) in [5.74, 6) is 1.28. The summed E-state index contributed by atoms with van der Waals surface area (Å²) < 4.78 is 0. The molecule has 1 aliphatic rings. The molecule has 0 radical (unpaired) electrons. The molecule has 2 aromatic rings. The normalized spacial score (nSPS) is 20.6. The topological polar surface area (TPSA) is 74.7 Å². The summed E-state index contributed by atoms with van der Waals surface area (Å²) in [4.78, 5) is 4.38. The molecular weight excluding hydrogens is 236 g/mol. The van der Waals surface area contributed by atoms with Crippen molar-refractivity contribution in [3.05, 3.63) is 53.7 Å². The van der Waals surface area contributed by atoms with Gasteiger partial charge in [0.05, 0.1) is 11.6 Å². The van der Waals surface area contributed by atoms with E-state index >= 15 is 0 Å². The van der Waals surface area contributed by atoms with Crippen molar-refractivity contribution in [2.24, 2.45) is 5.73 Å². The van der Waals surface area contributed by atoms with Gasteiger partial charge >= 0.3 is 0 Å². The minimum absolute atomic E-state index is 0.305. The van der Waals surface area contributed by atoms with Crippen molar-refractivity contribution in [2.75, 3.05) is 5.32 Å². The lowest BCUT2D eigenvalue weighted by molar-refractivity contribution is 0.981. The average Bonchev–Trinajstić information content (AvgIpc) is 3.18. The number of anilines is 2. The first kappa shape index (κ1) is 11.7. The Balaban J connectivity index is 1.70. The van der Waals surface area contributed by atoms with Gasteiger partial charge in [-0.3, -0.25) is 0 Å². The molecule has 2 atom stereocenters. The van der Waals surface area contributed by atoms with Crippen molar-refractivity contribution in [1.82, 2.24) is 4.98 Å². The van der Waals surface area contributed by atoms with Gasteiger partial charge in [-0.05, 0) is 42.3 Å². The lowest BCUT2D eigenvalue weighted by Gasteiger charge is -2.06. The zero-order valence-corrected chi connectivity index (χ0v) is 10.4. The van der Waals surface area contributed by atoms with Crippen LogP contribution in [0, 0.1) is 11.3 Å². The molecule has 19 heavy (non-hydrogen) atoms. The molecule has 0 amide bonds. The SMILES string of the molecule is N#Cc1ccc(Nc2ccc([C@H]3C[C@@H]3N)cn2)cc1. The van der Waals surface area contributed by atoms with E-state index in [0.29, 0.717) is 17.5 Å². The van der Waals surface area contributed by atoms with Gasteiger partial charge in [0.2, 0.25) is 0 Å². The Morgan fingerprint density at radius 1 is 1.21 bits per heavy atom. The molecule has 1 aromatic carbocycles. The van der Waals surface area contributed by atoms with E-state index < -0.39 is 0 Å². The second kappa shape index (κ2) is 4.71. The second-order valence-corrected chi connectivity index (χ2v) is 4.80. The Hall–Kier alpha value is -2.38. The fraction of sp³-hybridized carbons (Fsp3) is 0.200. The van der Waals surface area contributed by atoms with Crippen molar-refractivity contribution < 1.29 is 0 Å². The van der Waals surface area contributed by atoms with E-state index in [9.17, 15) is 0 Å². The number of nitriles is 1. The maximum atomic E-state index is 8.74. The molecule has 0 spiro atoms. The number of benzene rings is 1. The van der Waals surface area contributed by atoms with E-state index in [1.165, 1.54) is 5.56 Å². The third-order valence-corrected chi connectivity index (χ3v) is 3.34. The molecule has 0 bridgehead atoms. The highest BCUT2D eigenvalue weighted by Gasteiger charge is 2.34. The molecular formula is C15H14N4. The Kier molecular flexibility index (Phi) is 2.90. The van der Waals surface area contributed by atoms with E-state index in [-0.39, 0.29) is 0 Å². The number of aromatic nitrogens is 1. The summed E-state index contributed by atoms with van der Waals surface area (Å²) in [7, 11) is 0. The van der Waals surface area contributed by atoms with Crippen LogP contribution in [0.1, 0.15) is 23.5 Å². The largest absolute Gasteiger partial charge is 0.340 e. The number of nitrogens with zero attached hydrogens (tertiary/aromatic N) is 2. The van der Waals surface area contributed by atoms with Gasteiger partial charge in [-0.15, -0.1) is 0 Å². The maximum absolute atomic E-state index is 8.74. The number of pyridine rings is 1. The zero-order valence-electron chi connectivity index (χ0n) is 10.4. The van der Waals surface area contributed by atoms with Crippen LogP contribution in [0.15, 0.2) is 42.6 Å². The molecule has 0 unspecified atom stereocenters. The molecule has 0 aliphatic heterocycles. The fourth-order valence-corrected chi connectivity index (χ4v) is 2.07. The third kappa shape index (κ3) is 2.56. The van der Waals surface area contributed by atoms with Gasteiger partial charge in [0.1, 0.15) is 5.82 Å². The minimum atomic E-state index is 0.305.